The van der Waals surface area contributed by atoms with Crippen LogP contribution >= 0.6 is 11.6 Å². The maximum atomic E-state index is 12.5. The number of rotatable bonds is 5. The molecule has 4 nitrogen and oxygen atoms in total. The zero-order valence-electron chi connectivity index (χ0n) is 15.7. The van der Waals surface area contributed by atoms with E-state index in [0.29, 0.717) is 29.1 Å². The lowest BCUT2D eigenvalue weighted by molar-refractivity contribution is -0.130. The van der Waals surface area contributed by atoms with Crippen molar-refractivity contribution in [1.82, 2.24) is 4.90 Å². The van der Waals surface area contributed by atoms with Crippen LogP contribution in [-0.2, 0) is 17.8 Å². The van der Waals surface area contributed by atoms with Gasteiger partial charge in [-0.05, 0) is 49.1 Å². The standard InChI is InChI=1S/C22H22ClNO3/c1-14-8-9-17-15(2)18(22(26)27-20(17)12-14)10-11-21(25)24(3)13-16-6-4-5-7-19(16)23/h4-9,12H,10-11,13H2,1-3H3. The van der Waals surface area contributed by atoms with Gasteiger partial charge in [-0.15, -0.1) is 0 Å². The molecule has 0 aliphatic rings. The van der Waals surface area contributed by atoms with Gasteiger partial charge in [0.1, 0.15) is 5.58 Å². The number of aryl methyl sites for hydroxylation is 2. The average Bonchev–Trinajstić information content (AvgIpc) is 2.62. The number of hydrogen-bond acceptors (Lipinski definition) is 3. The Morgan fingerprint density at radius 2 is 1.89 bits per heavy atom. The molecule has 0 aliphatic heterocycles. The molecule has 0 radical (unpaired) electrons. The number of carbonyl (C=O) groups is 1. The first kappa shape index (κ1) is 19.2. The van der Waals surface area contributed by atoms with Gasteiger partial charge in [0.05, 0.1) is 0 Å². The Kier molecular flexibility index (Phi) is 5.66. The Morgan fingerprint density at radius 3 is 2.63 bits per heavy atom. The summed E-state index contributed by atoms with van der Waals surface area (Å²) in [6.07, 6.45) is 0.591. The molecular formula is C22H22ClNO3. The van der Waals surface area contributed by atoms with Gasteiger partial charge in [-0.1, -0.05) is 41.9 Å². The fraction of sp³-hybridized carbons (Fsp3) is 0.273. The van der Waals surface area contributed by atoms with E-state index in [0.717, 1.165) is 22.1 Å². The fourth-order valence-electron chi connectivity index (χ4n) is 3.18. The lowest BCUT2D eigenvalue weighted by atomic mass is 10.0. The van der Waals surface area contributed by atoms with Crippen LogP contribution in [0.1, 0.15) is 28.7 Å². The Morgan fingerprint density at radius 1 is 1.15 bits per heavy atom. The maximum Gasteiger partial charge on any atom is 0.339 e. The van der Waals surface area contributed by atoms with E-state index in [2.05, 4.69) is 0 Å². The number of benzene rings is 2. The van der Waals surface area contributed by atoms with E-state index in [1.165, 1.54) is 0 Å². The minimum atomic E-state index is -0.368. The molecule has 3 rings (SSSR count). The smallest absolute Gasteiger partial charge is 0.339 e. The number of carbonyl (C=O) groups excluding carboxylic acids is 1. The molecule has 0 bridgehead atoms. The highest BCUT2D eigenvalue weighted by Crippen LogP contribution is 2.22. The summed E-state index contributed by atoms with van der Waals surface area (Å²) in [4.78, 5) is 26.5. The van der Waals surface area contributed by atoms with Gasteiger partial charge in [0.15, 0.2) is 0 Å². The lowest BCUT2D eigenvalue weighted by Gasteiger charge is -2.18. The maximum absolute atomic E-state index is 12.5. The summed E-state index contributed by atoms with van der Waals surface area (Å²) in [5.41, 5.74) is 3.59. The highest BCUT2D eigenvalue weighted by molar-refractivity contribution is 6.31. The van der Waals surface area contributed by atoms with Crippen molar-refractivity contribution in [2.45, 2.75) is 33.2 Å². The molecule has 0 N–H and O–H groups in total. The molecule has 1 heterocycles. The van der Waals surface area contributed by atoms with Crippen LogP contribution in [0.3, 0.4) is 0 Å². The Balaban J connectivity index is 1.74. The SMILES string of the molecule is Cc1ccc2c(C)c(CCC(=O)N(C)Cc3ccccc3Cl)c(=O)oc2c1. The van der Waals surface area contributed by atoms with Crippen molar-refractivity contribution in [3.05, 3.63) is 80.2 Å². The summed E-state index contributed by atoms with van der Waals surface area (Å²) in [6.45, 7) is 4.29. The van der Waals surface area contributed by atoms with Gasteiger partial charge in [0.25, 0.3) is 0 Å². The van der Waals surface area contributed by atoms with Crippen molar-refractivity contribution < 1.29 is 9.21 Å². The van der Waals surface area contributed by atoms with Gasteiger partial charge < -0.3 is 9.32 Å². The predicted octanol–water partition coefficient (Wildman–Crippen LogP) is 4.65. The first-order valence-electron chi connectivity index (χ1n) is 8.87. The second kappa shape index (κ2) is 7.97. The minimum Gasteiger partial charge on any atom is -0.423 e. The normalized spacial score (nSPS) is 11.0. The minimum absolute atomic E-state index is 0.0438. The van der Waals surface area contributed by atoms with Crippen molar-refractivity contribution in [2.24, 2.45) is 0 Å². The average molecular weight is 384 g/mol. The van der Waals surface area contributed by atoms with Crippen molar-refractivity contribution in [3.63, 3.8) is 0 Å². The van der Waals surface area contributed by atoms with E-state index in [4.69, 9.17) is 16.0 Å². The highest BCUT2D eigenvalue weighted by Gasteiger charge is 2.16. The third-order valence-electron chi connectivity index (χ3n) is 4.82. The third kappa shape index (κ3) is 4.22. The summed E-state index contributed by atoms with van der Waals surface area (Å²) < 4.78 is 5.46. The predicted molar refractivity (Wildman–Crippen MR) is 108 cm³/mol. The van der Waals surface area contributed by atoms with Crippen LogP contribution < -0.4 is 5.63 Å². The molecule has 0 fully saturated rings. The Labute approximate surface area is 163 Å². The summed E-state index contributed by atoms with van der Waals surface area (Å²) >= 11 is 6.16. The number of nitrogens with zero attached hydrogens (tertiary/aromatic N) is 1. The molecule has 5 heteroatoms. The van der Waals surface area contributed by atoms with Crippen molar-refractivity contribution in [2.75, 3.05) is 7.05 Å². The molecule has 1 amide bonds. The van der Waals surface area contributed by atoms with E-state index < -0.39 is 0 Å². The fourth-order valence-corrected chi connectivity index (χ4v) is 3.38. The second-order valence-electron chi connectivity index (χ2n) is 6.83. The zero-order valence-corrected chi connectivity index (χ0v) is 16.5. The van der Waals surface area contributed by atoms with Crippen molar-refractivity contribution in [3.8, 4) is 0 Å². The molecule has 1 aromatic heterocycles. The molecule has 0 saturated heterocycles. The molecule has 0 saturated carbocycles. The van der Waals surface area contributed by atoms with E-state index in [-0.39, 0.29) is 18.0 Å². The van der Waals surface area contributed by atoms with Gasteiger partial charge in [0, 0.05) is 36.0 Å². The summed E-state index contributed by atoms with van der Waals surface area (Å²) in [7, 11) is 1.74. The van der Waals surface area contributed by atoms with Crippen molar-refractivity contribution in [1.29, 1.82) is 0 Å². The van der Waals surface area contributed by atoms with E-state index in [1.54, 1.807) is 18.0 Å². The Hall–Kier alpha value is -2.59. The van der Waals surface area contributed by atoms with Crippen LogP contribution in [0.25, 0.3) is 11.0 Å². The van der Waals surface area contributed by atoms with Crippen LogP contribution in [0, 0.1) is 13.8 Å². The van der Waals surface area contributed by atoms with E-state index in [1.807, 2.05) is 50.2 Å². The van der Waals surface area contributed by atoms with Crippen LogP contribution in [0.4, 0.5) is 0 Å². The molecular weight excluding hydrogens is 362 g/mol. The monoisotopic (exact) mass is 383 g/mol. The number of amides is 1. The molecule has 140 valence electrons. The molecule has 27 heavy (non-hydrogen) atoms. The molecule has 0 aliphatic carbocycles. The van der Waals surface area contributed by atoms with Crippen LogP contribution in [0.15, 0.2) is 51.7 Å². The summed E-state index contributed by atoms with van der Waals surface area (Å²) in [5, 5.41) is 1.55. The topological polar surface area (TPSA) is 50.5 Å². The van der Waals surface area contributed by atoms with E-state index >= 15 is 0 Å². The van der Waals surface area contributed by atoms with Gasteiger partial charge in [-0.3, -0.25) is 4.79 Å². The quantitative estimate of drug-likeness (QED) is 0.602. The van der Waals surface area contributed by atoms with Crippen LogP contribution in [-0.4, -0.2) is 17.9 Å². The zero-order chi connectivity index (χ0) is 19.6. The van der Waals surface area contributed by atoms with Gasteiger partial charge in [0.2, 0.25) is 5.91 Å². The highest BCUT2D eigenvalue weighted by atomic mass is 35.5. The molecule has 2 aromatic carbocycles. The molecule has 0 spiro atoms. The third-order valence-corrected chi connectivity index (χ3v) is 5.19. The number of hydrogen-bond donors (Lipinski definition) is 0. The molecule has 3 aromatic rings. The van der Waals surface area contributed by atoms with Crippen LogP contribution in [0.2, 0.25) is 5.02 Å². The summed E-state index contributed by atoms with van der Waals surface area (Å²) in [5.74, 6) is -0.0438. The molecule has 0 atom stereocenters. The number of halogens is 1. The first-order chi connectivity index (χ1) is 12.9. The van der Waals surface area contributed by atoms with E-state index in [9.17, 15) is 9.59 Å². The van der Waals surface area contributed by atoms with Gasteiger partial charge in [-0.25, -0.2) is 4.79 Å². The summed E-state index contributed by atoms with van der Waals surface area (Å²) in [6, 6.07) is 13.3. The lowest BCUT2D eigenvalue weighted by Crippen LogP contribution is -2.27. The Bertz CT molecular complexity index is 1060. The molecule has 0 unspecified atom stereocenters. The van der Waals surface area contributed by atoms with Crippen molar-refractivity contribution >= 4 is 28.5 Å². The second-order valence-corrected chi connectivity index (χ2v) is 7.24. The van der Waals surface area contributed by atoms with Gasteiger partial charge >= 0.3 is 5.63 Å². The van der Waals surface area contributed by atoms with Gasteiger partial charge in [-0.2, -0.15) is 0 Å². The number of fused-ring (bicyclic) bond motifs is 1. The largest absolute Gasteiger partial charge is 0.423 e. The first-order valence-corrected chi connectivity index (χ1v) is 9.25. The van der Waals surface area contributed by atoms with Crippen LogP contribution in [0.5, 0.6) is 0 Å².